The number of hydrogen-bond donors (Lipinski definition) is 2. The van der Waals surface area contributed by atoms with Crippen molar-refractivity contribution >= 4 is 5.91 Å². The van der Waals surface area contributed by atoms with Gasteiger partial charge in [-0.05, 0) is 32.9 Å². The van der Waals surface area contributed by atoms with E-state index < -0.39 is 17.3 Å². The molecule has 0 radical (unpaired) electrons. The highest BCUT2D eigenvalue weighted by Gasteiger charge is 2.26. The fourth-order valence-electron chi connectivity index (χ4n) is 1.12. The molecular weight excluding hydrogens is 207 g/mol. The normalized spacial score (nSPS) is 13.3. The highest BCUT2D eigenvalue weighted by molar-refractivity contribution is 5.94. The van der Waals surface area contributed by atoms with Crippen LogP contribution in [0.5, 0.6) is 0 Å². The zero-order valence-corrected chi connectivity index (χ0v) is 9.75. The van der Waals surface area contributed by atoms with Crippen LogP contribution in [0.15, 0.2) is 24.3 Å². The van der Waals surface area contributed by atoms with Gasteiger partial charge in [-0.25, -0.2) is 4.39 Å². The van der Waals surface area contributed by atoms with E-state index in [9.17, 15) is 9.18 Å². The second-order valence-corrected chi connectivity index (χ2v) is 4.44. The smallest absolute Gasteiger partial charge is 0.254 e. The van der Waals surface area contributed by atoms with Gasteiger partial charge in [-0.1, -0.05) is 12.1 Å². The van der Waals surface area contributed by atoms with Crippen molar-refractivity contribution in [3.05, 3.63) is 35.6 Å². The van der Waals surface area contributed by atoms with Crippen molar-refractivity contribution in [3.8, 4) is 0 Å². The van der Waals surface area contributed by atoms with Gasteiger partial charge < -0.3 is 11.1 Å². The Hall–Kier alpha value is -1.42. The Balaban J connectivity index is 2.85. The number of halogens is 1. The van der Waals surface area contributed by atoms with Crippen LogP contribution in [0, 0.1) is 5.82 Å². The molecule has 1 aromatic rings. The van der Waals surface area contributed by atoms with Crippen molar-refractivity contribution in [1.82, 2.24) is 5.32 Å². The molecule has 1 aromatic carbocycles. The van der Waals surface area contributed by atoms with Gasteiger partial charge in [0, 0.05) is 11.6 Å². The van der Waals surface area contributed by atoms with Crippen molar-refractivity contribution in [2.24, 2.45) is 5.73 Å². The van der Waals surface area contributed by atoms with Gasteiger partial charge in [-0.15, -0.1) is 0 Å². The van der Waals surface area contributed by atoms with Crippen LogP contribution >= 0.6 is 0 Å². The van der Waals surface area contributed by atoms with E-state index >= 15 is 0 Å². The molecule has 1 unspecified atom stereocenters. The third kappa shape index (κ3) is 2.79. The molecule has 0 heterocycles. The molecule has 3 N–H and O–H groups in total. The molecule has 0 fully saturated rings. The molecule has 1 atom stereocenters. The number of hydrogen-bond acceptors (Lipinski definition) is 2. The summed E-state index contributed by atoms with van der Waals surface area (Å²) in [7, 11) is 0. The Bertz CT molecular complexity index is 388. The van der Waals surface area contributed by atoms with Crippen LogP contribution in [0.1, 0.15) is 31.1 Å². The minimum absolute atomic E-state index is 0.0382. The molecule has 88 valence electrons. The van der Waals surface area contributed by atoms with E-state index in [4.69, 9.17) is 5.73 Å². The summed E-state index contributed by atoms with van der Waals surface area (Å²) in [6.07, 6.45) is 0. The molecule has 1 amide bonds. The summed E-state index contributed by atoms with van der Waals surface area (Å²) in [5, 5.41) is 2.71. The van der Waals surface area contributed by atoms with Crippen molar-refractivity contribution in [2.45, 2.75) is 32.4 Å². The van der Waals surface area contributed by atoms with Crippen LogP contribution in [-0.2, 0) is 0 Å². The maximum absolute atomic E-state index is 13.3. The maximum atomic E-state index is 13.3. The fraction of sp³-hybridized carbons (Fsp3) is 0.417. The van der Waals surface area contributed by atoms with Gasteiger partial charge in [0.15, 0.2) is 0 Å². The SMILES string of the molecule is CC(N)C(C)(C)NC(=O)c1ccccc1F. The lowest BCUT2D eigenvalue weighted by molar-refractivity contribution is 0.0899. The summed E-state index contributed by atoms with van der Waals surface area (Å²) >= 11 is 0. The molecular formula is C12H17FN2O. The number of rotatable bonds is 3. The minimum Gasteiger partial charge on any atom is -0.346 e. The minimum atomic E-state index is -0.570. The van der Waals surface area contributed by atoms with Gasteiger partial charge in [0.25, 0.3) is 5.91 Å². The molecule has 0 aromatic heterocycles. The third-order valence-corrected chi connectivity index (χ3v) is 2.69. The first-order chi connectivity index (χ1) is 7.34. The third-order valence-electron chi connectivity index (χ3n) is 2.69. The molecule has 4 heteroatoms. The van der Waals surface area contributed by atoms with Crippen molar-refractivity contribution in [2.75, 3.05) is 0 Å². The molecule has 1 rings (SSSR count). The number of carbonyl (C=O) groups is 1. The lowest BCUT2D eigenvalue weighted by Crippen LogP contribution is -2.54. The standard InChI is InChI=1S/C12H17FN2O/c1-8(14)12(2,3)15-11(16)9-6-4-5-7-10(9)13/h4-8H,14H2,1-3H3,(H,15,16). The van der Waals surface area contributed by atoms with Gasteiger partial charge in [0.2, 0.25) is 0 Å². The lowest BCUT2D eigenvalue weighted by Gasteiger charge is -2.30. The Labute approximate surface area is 94.8 Å². The zero-order valence-electron chi connectivity index (χ0n) is 9.75. The first kappa shape index (κ1) is 12.6. The number of nitrogens with one attached hydrogen (secondary N) is 1. The van der Waals surface area contributed by atoms with E-state index in [0.717, 1.165) is 0 Å². The molecule has 0 aliphatic rings. The van der Waals surface area contributed by atoms with Crippen molar-refractivity contribution < 1.29 is 9.18 Å². The van der Waals surface area contributed by atoms with Gasteiger partial charge in [-0.2, -0.15) is 0 Å². The molecule has 3 nitrogen and oxygen atoms in total. The Kier molecular flexibility index (Phi) is 3.65. The molecule has 0 saturated heterocycles. The summed E-state index contributed by atoms with van der Waals surface area (Å²) in [6, 6.07) is 5.65. The largest absolute Gasteiger partial charge is 0.346 e. The number of amides is 1. The maximum Gasteiger partial charge on any atom is 0.254 e. The molecule has 0 bridgehead atoms. The first-order valence-electron chi connectivity index (χ1n) is 5.17. The molecule has 0 spiro atoms. The quantitative estimate of drug-likeness (QED) is 0.820. The van der Waals surface area contributed by atoms with Crippen LogP contribution in [0.3, 0.4) is 0 Å². The fourth-order valence-corrected chi connectivity index (χ4v) is 1.12. The van der Waals surface area contributed by atoms with Crippen LogP contribution < -0.4 is 11.1 Å². The summed E-state index contributed by atoms with van der Waals surface area (Å²) in [6.45, 7) is 5.40. The molecule has 0 saturated carbocycles. The van der Waals surface area contributed by atoms with Crippen LogP contribution in [0.4, 0.5) is 4.39 Å². The predicted octanol–water partition coefficient (Wildman–Crippen LogP) is 1.68. The van der Waals surface area contributed by atoms with Crippen LogP contribution in [0.2, 0.25) is 0 Å². The van der Waals surface area contributed by atoms with E-state index in [1.807, 2.05) is 0 Å². The lowest BCUT2D eigenvalue weighted by atomic mass is 9.96. The molecule has 0 aliphatic heterocycles. The van der Waals surface area contributed by atoms with E-state index in [1.165, 1.54) is 12.1 Å². The average Bonchev–Trinajstić information content (AvgIpc) is 2.17. The Morgan fingerprint density at radius 2 is 2.00 bits per heavy atom. The molecule has 16 heavy (non-hydrogen) atoms. The number of benzene rings is 1. The van der Waals surface area contributed by atoms with Crippen molar-refractivity contribution in [1.29, 1.82) is 0 Å². The second kappa shape index (κ2) is 4.61. The van der Waals surface area contributed by atoms with Gasteiger partial charge in [0.05, 0.1) is 5.56 Å². The van der Waals surface area contributed by atoms with Gasteiger partial charge in [0.1, 0.15) is 5.82 Å². The summed E-state index contributed by atoms with van der Waals surface area (Å²) in [4.78, 5) is 11.8. The number of nitrogens with two attached hydrogens (primary N) is 1. The average molecular weight is 224 g/mol. The second-order valence-electron chi connectivity index (χ2n) is 4.44. The van der Waals surface area contributed by atoms with E-state index in [-0.39, 0.29) is 11.6 Å². The predicted molar refractivity (Wildman–Crippen MR) is 61.6 cm³/mol. The van der Waals surface area contributed by atoms with Gasteiger partial charge >= 0.3 is 0 Å². The van der Waals surface area contributed by atoms with Crippen LogP contribution in [-0.4, -0.2) is 17.5 Å². The Morgan fingerprint density at radius 1 is 1.44 bits per heavy atom. The van der Waals surface area contributed by atoms with Crippen molar-refractivity contribution in [3.63, 3.8) is 0 Å². The first-order valence-corrected chi connectivity index (χ1v) is 5.17. The highest BCUT2D eigenvalue weighted by Crippen LogP contribution is 2.11. The topological polar surface area (TPSA) is 55.1 Å². The zero-order chi connectivity index (χ0) is 12.3. The molecule has 0 aliphatic carbocycles. The number of carbonyl (C=O) groups excluding carboxylic acids is 1. The van der Waals surface area contributed by atoms with Gasteiger partial charge in [-0.3, -0.25) is 4.79 Å². The van der Waals surface area contributed by atoms with E-state index in [0.29, 0.717) is 0 Å². The van der Waals surface area contributed by atoms with E-state index in [1.54, 1.807) is 32.9 Å². The monoisotopic (exact) mass is 224 g/mol. The summed E-state index contributed by atoms with van der Waals surface area (Å²) < 4.78 is 13.3. The van der Waals surface area contributed by atoms with E-state index in [2.05, 4.69) is 5.32 Å². The Morgan fingerprint density at radius 3 is 2.50 bits per heavy atom. The summed E-state index contributed by atoms with van der Waals surface area (Å²) in [5.41, 5.74) is 5.19. The van der Waals surface area contributed by atoms with Crippen LogP contribution in [0.25, 0.3) is 0 Å². The summed E-state index contributed by atoms with van der Waals surface area (Å²) in [5.74, 6) is -0.971. The highest BCUT2D eigenvalue weighted by atomic mass is 19.1.